The molecule has 1 aliphatic rings. The number of ether oxygens (including phenoxy) is 1. The lowest BCUT2D eigenvalue weighted by molar-refractivity contribution is -0.137. The highest BCUT2D eigenvalue weighted by molar-refractivity contribution is 5.66. The lowest BCUT2D eigenvalue weighted by Crippen LogP contribution is -2.22. The molecule has 0 bridgehead atoms. The van der Waals surface area contributed by atoms with Crippen molar-refractivity contribution < 1.29 is 24.9 Å². The Hall–Kier alpha value is -1.43. The van der Waals surface area contributed by atoms with Crippen molar-refractivity contribution in [1.29, 1.82) is 0 Å². The van der Waals surface area contributed by atoms with Gasteiger partial charge >= 0.3 is 5.97 Å². The van der Waals surface area contributed by atoms with Crippen LogP contribution in [0.15, 0.2) is 37.0 Å². The Morgan fingerprint density at radius 2 is 2.07 bits per heavy atom. The van der Waals surface area contributed by atoms with E-state index in [0.29, 0.717) is 25.9 Å². The molecule has 0 aliphatic heterocycles. The fraction of sp³-hybridized carbons (Fsp3) is 0.696. The molecule has 1 fully saturated rings. The molecule has 5 heteroatoms. The maximum absolute atomic E-state index is 10.6. The van der Waals surface area contributed by atoms with Crippen LogP contribution in [0.4, 0.5) is 0 Å². The summed E-state index contributed by atoms with van der Waals surface area (Å²) in [6.45, 7) is 6.28. The van der Waals surface area contributed by atoms with Crippen LogP contribution in [0.2, 0.25) is 0 Å². The number of allylic oxidation sites excluding steroid dienone is 2. The van der Waals surface area contributed by atoms with Gasteiger partial charge in [0.2, 0.25) is 0 Å². The summed E-state index contributed by atoms with van der Waals surface area (Å²) in [5.41, 5.74) is 0. The van der Waals surface area contributed by atoms with Crippen LogP contribution < -0.4 is 0 Å². The monoisotopic (exact) mass is 394 g/mol. The van der Waals surface area contributed by atoms with Crippen molar-refractivity contribution in [1.82, 2.24) is 0 Å². The van der Waals surface area contributed by atoms with E-state index in [1.807, 2.05) is 24.3 Å². The molecular weight excluding hydrogens is 356 g/mol. The number of carboxylic acid groups (broad SMARTS) is 1. The molecule has 1 saturated carbocycles. The maximum atomic E-state index is 10.6. The smallest absolute Gasteiger partial charge is 0.303 e. The molecular formula is C23H38O5. The van der Waals surface area contributed by atoms with Crippen LogP contribution in [0.5, 0.6) is 0 Å². The van der Waals surface area contributed by atoms with E-state index in [-0.39, 0.29) is 24.4 Å². The molecule has 5 nitrogen and oxygen atoms in total. The van der Waals surface area contributed by atoms with Crippen molar-refractivity contribution in [3.8, 4) is 0 Å². The van der Waals surface area contributed by atoms with Crippen LogP contribution in [0.1, 0.15) is 64.7 Å². The second-order valence-electron chi connectivity index (χ2n) is 7.65. The molecule has 0 saturated heterocycles. The molecule has 3 N–H and O–H groups in total. The molecule has 0 radical (unpaired) electrons. The Morgan fingerprint density at radius 1 is 1.29 bits per heavy atom. The Bertz CT molecular complexity index is 499. The zero-order valence-corrected chi connectivity index (χ0v) is 17.2. The molecule has 1 aliphatic carbocycles. The summed E-state index contributed by atoms with van der Waals surface area (Å²) >= 11 is 0. The lowest BCUT2D eigenvalue weighted by atomic mass is 9.89. The summed E-state index contributed by atoms with van der Waals surface area (Å²) in [5.74, 6) is -0.700. The number of hydrogen-bond acceptors (Lipinski definition) is 4. The molecule has 28 heavy (non-hydrogen) atoms. The minimum Gasteiger partial charge on any atom is -0.481 e. The second kappa shape index (κ2) is 14.6. The average Bonchev–Trinajstić information content (AvgIpc) is 2.95. The molecule has 0 aromatic carbocycles. The number of rotatable bonds is 15. The van der Waals surface area contributed by atoms with E-state index in [2.05, 4.69) is 13.5 Å². The summed E-state index contributed by atoms with van der Waals surface area (Å²) in [6.07, 6.45) is 15.4. The molecule has 0 aromatic heterocycles. The van der Waals surface area contributed by atoms with Gasteiger partial charge in [-0.25, -0.2) is 0 Å². The van der Waals surface area contributed by atoms with Crippen LogP contribution in [0.3, 0.4) is 0 Å². The van der Waals surface area contributed by atoms with Gasteiger partial charge in [0, 0.05) is 18.8 Å². The Kier molecular flexibility index (Phi) is 12.8. The van der Waals surface area contributed by atoms with Crippen LogP contribution in [0.25, 0.3) is 0 Å². The first kappa shape index (κ1) is 24.6. The van der Waals surface area contributed by atoms with Crippen LogP contribution in [-0.4, -0.2) is 46.2 Å². The zero-order valence-electron chi connectivity index (χ0n) is 17.2. The van der Waals surface area contributed by atoms with E-state index in [0.717, 1.165) is 32.1 Å². The Labute approximate surface area is 169 Å². The van der Waals surface area contributed by atoms with Crippen molar-refractivity contribution in [2.24, 2.45) is 11.8 Å². The van der Waals surface area contributed by atoms with E-state index < -0.39 is 18.2 Å². The topological polar surface area (TPSA) is 87.0 Å². The van der Waals surface area contributed by atoms with Gasteiger partial charge in [-0.05, 0) is 31.6 Å². The summed E-state index contributed by atoms with van der Waals surface area (Å²) in [6, 6.07) is 0. The van der Waals surface area contributed by atoms with Gasteiger partial charge in [-0.1, -0.05) is 56.6 Å². The summed E-state index contributed by atoms with van der Waals surface area (Å²) in [5, 5.41) is 29.4. The van der Waals surface area contributed by atoms with E-state index in [9.17, 15) is 15.0 Å². The predicted molar refractivity (Wildman–Crippen MR) is 112 cm³/mol. The van der Waals surface area contributed by atoms with Gasteiger partial charge < -0.3 is 20.1 Å². The van der Waals surface area contributed by atoms with E-state index in [1.165, 1.54) is 0 Å². The minimum atomic E-state index is -0.774. The molecule has 0 spiro atoms. The third-order valence-electron chi connectivity index (χ3n) is 5.32. The van der Waals surface area contributed by atoms with E-state index >= 15 is 0 Å². The average molecular weight is 395 g/mol. The first-order valence-corrected chi connectivity index (χ1v) is 10.6. The first-order chi connectivity index (χ1) is 13.5. The standard InChI is InChI=1S/C23H38O5/c1-3-5-8-11-18(24)14-15-20-19(12-9-6-7-10-13-23(26)27)21(25)17-22(20)28-16-4-2/h4,6,9,14-15,18-22,24-25H,2-3,5,7-8,10-13,16-17H2,1H3,(H,26,27). The number of carbonyl (C=O) groups is 1. The number of unbranched alkanes of at least 4 members (excludes halogenated alkanes) is 3. The maximum Gasteiger partial charge on any atom is 0.303 e. The summed E-state index contributed by atoms with van der Waals surface area (Å²) < 4.78 is 5.87. The van der Waals surface area contributed by atoms with Gasteiger partial charge in [0.25, 0.3) is 0 Å². The highest BCUT2D eigenvalue weighted by Crippen LogP contribution is 2.38. The van der Waals surface area contributed by atoms with E-state index in [4.69, 9.17) is 9.84 Å². The Morgan fingerprint density at radius 3 is 2.75 bits per heavy atom. The fourth-order valence-electron chi connectivity index (χ4n) is 3.75. The van der Waals surface area contributed by atoms with Gasteiger partial charge in [0.1, 0.15) is 0 Å². The quantitative estimate of drug-likeness (QED) is 0.285. The molecule has 0 aromatic rings. The summed E-state index contributed by atoms with van der Waals surface area (Å²) in [4.78, 5) is 10.6. The molecule has 0 heterocycles. The van der Waals surface area contributed by atoms with Gasteiger partial charge in [0.15, 0.2) is 0 Å². The number of carboxylic acids is 1. The Balaban J connectivity index is 2.65. The molecule has 5 atom stereocenters. The van der Waals surface area contributed by atoms with E-state index in [1.54, 1.807) is 6.08 Å². The van der Waals surface area contributed by atoms with Crippen molar-refractivity contribution in [2.45, 2.75) is 83.0 Å². The van der Waals surface area contributed by atoms with Crippen molar-refractivity contribution in [3.05, 3.63) is 37.0 Å². The predicted octanol–water partition coefficient (Wildman–Crippen LogP) is 4.25. The summed E-state index contributed by atoms with van der Waals surface area (Å²) in [7, 11) is 0. The third-order valence-corrected chi connectivity index (χ3v) is 5.32. The SMILES string of the molecule is C=CCOC1CC(O)C(CC=CCCCC(=O)O)C1C=CC(O)CCCCC. The zero-order chi connectivity index (χ0) is 20.8. The first-order valence-electron chi connectivity index (χ1n) is 10.6. The van der Waals surface area contributed by atoms with Gasteiger partial charge in [-0.15, -0.1) is 6.58 Å². The van der Waals surface area contributed by atoms with Gasteiger partial charge in [-0.2, -0.15) is 0 Å². The minimum absolute atomic E-state index is 0.0321. The molecule has 160 valence electrons. The highest BCUT2D eigenvalue weighted by Gasteiger charge is 2.40. The van der Waals surface area contributed by atoms with Crippen LogP contribution >= 0.6 is 0 Å². The van der Waals surface area contributed by atoms with Crippen molar-refractivity contribution in [2.75, 3.05) is 6.61 Å². The molecule has 5 unspecified atom stereocenters. The fourth-order valence-corrected chi connectivity index (χ4v) is 3.75. The molecule has 0 amide bonds. The molecule has 1 rings (SSSR count). The van der Waals surface area contributed by atoms with Crippen LogP contribution in [0, 0.1) is 11.8 Å². The largest absolute Gasteiger partial charge is 0.481 e. The second-order valence-corrected chi connectivity index (χ2v) is 7.65. The number of aliphatic carboxylic acids is 1. The van der Waals surface area contributed by atoms with Gasteiger partial charge in [0.05, 0.1) is 24.9 Å². The van der Waals surface area contributed by atoms with Crippen molar-refractivity contribution >= 4 is 5.97 Å². The third kappa shape index (κ3) is 9.67. The van der Waals surface area contributed by atoms with Gasteiger partial charge in [-0.3, -0.25) is 4.79 Å². The number of aliphatic hydroxyl groups is 2. The number of hydrogen-bond donors (Lipinski definition) is 3. The number of aliphatic hydroxyl groups excluding tert-OH is 2. The van der Waals surface area contributed by atoms with Crippen molar-refractivity contribution in [3.63, 3.8) is 0 Å². The highest BCUT2D eigenvalue weighted by atomic mass is 16.5. The van der Waals surface area contributed by atoms with Crippen LogP contribution in [-0.2, 0) is 9.53 Å². The lowest BCUT2D eigenvalue weighted by Gasteiger charge is -2.22. The normalized spacial score (nSPS) is 26.2.